The molecule has 1 saturated heterocycles. The van der Waals surface area contributed by atoms with Crippen LogP contribution < -0.4 is 10.6 Å². The van der Waals surface area contributed by atoms with Crippen molar-refractivity contribution in [2.75, 3.05) is 30.0 Å². The number of nitrogens with zero attached hydrogens (tertiary/aromatic N) is 4. The third-order valence-electron chi connectivity index (χ3n) is 2.73. The fraction of sp³-hybridized carbons (Fsp3) is 0.700. The van der Waals surface area contributed by atoms with E-state index >= 15 is 0 Å². The van der Waals surface area contributed by atoms with Crippen molar-refractivity contribution >= 4 is 31.6 Å². The Labute approximate surface area is 116 Å². The lowest BCUT2D eigenvalue weighted by molar-refractivity contribution is 0.567. The highest BCUT2D eigenvalue weighted by atomic mass is 33.1. The van der Waals surface area contributed by atoms with Gasteiger partial charge in [-0.05, 0) is 30.1 Å². The van der Waals surface area contributed by atoms with Gasteiger partial charge in [0, 0.05) is 19.3 Å². The van der Waals surface area contributed by atoms with Gasteiger partial charge in [0.1, 0.15) is 5.82 Å². The Balaban J connectivity index is 2.14. The largest absolute Gasteiger partial charge is 0.368 e. The molecule has 2 heterocycles. The Kier molecular flexibility index (Phi) is 4.46. The molecule has 1 aromatic rings. The summed E-state index contributed by atoms with van der Waals surface area (Å²) in [5.41, 5.74) is 5.66. The van der Waals surface area contributed by atoms with Crippen molar-refractivity contribution in [2.45, 2.75) is 25.0 Å². The molecule has 1 aliphatic heterocycles. The molecule has 0 bridgehead atoms. The molecule has 106 valence electrons. The Morgan fingerprint density at radius 2 is 1.89 bits per heavy atom. The number of rotatable bonds is 4. The van der Waals surface area contributed by atoms with Gasteiger partial charge in [-0.25, -0.2) is 8.42 Å². The van der Waals surface area contributed by atoms with Crippen LogP contribution in [0.2, 0.25) is 0 Å². The second kappa shape index (κ2) is 5.91. The van der Waals surface area contributed by atoms with E-state index in [4.69, 9.17) is 5.73 Å². The Bertz CT molecular complexity index is 543. The summed E-state index contributed by atoms with van der Waals surface area (Å²) >= 11 is 0. The van der Waals surface area contributed by atoms with Crippen LogP contribution in [0.25, 0.3) is 0 Å². The normalized spacial score (nSPS) is 16.6. The number of aromatic nitrogens is 3. The first kappa shape index (κ1) is 14.3. The third-order valence-corrected chi connectivity index (χ3v) is 5.17. The summed E-state index contributed by atoms with van der Waals surface area (Å²) in [6.45, 7) is 1.81. The van der Waals surface area contributed by atoms with Crippen LogP contribution in [0.3, 0.4) is 0 Å². The number of piperidine rings is 1. The first-order valence-electron chi connectivity index (χ1n) is 6.04. The molecular weight excluding hydrogens is 286 g/mol. The molecule has 0 radical (unpaired) electrons. The lowest BCUT2D eigenvalue weighted by atomic mass is 10.1. The lowest BCUT2D eigenvalue weighted by Gasteiger charge is -2.26. The standard InChI is InChI=1S/C10H17N5O2S2/c1-19(16,17)18-7-8-12-9(11)14-10(13-8)15-5-3-2-4-6-15/h2-7H2,1H3,(H2,11,12,13,14). The maximum absolute atomic E-state index is 11.1. The Morgan fingerprint density at radius 3 is 2.53 bits per heavy atom. The molecule has 0 unspecified atom stereocenters. The first-order valence-corrected chi connectivity index (χ1v) is 9.43. The van der Waals surface area contributed by atoms with Gasteiger partial charge in [0.15, 0.2) is 8.87 Å². The monoisotopic (exact) mass is 303 g/mol. The van der Waals surface area contributed by atoms with Crippen molar-refractivity contribution < 1.29 is 8.42 Å². The third kappa shape index (κ3) is 4.50. The Hall–Kier alpha value is -1.09. The highest BCUT2D eigenvalue weighted by Crippen LogP contribution is 2.19. The van der Waals surface area contributed by atoms with E-state index in [0.717, 1.165) is 43.0 Å². The maximum atomic E-state index is 11.1. The van der Waals surface area contributed by atoms with Gasteiger partial charge < -0.3 is 10.6 Å². The van der Waals surface area contributed by atoms with Crippen LogP contribution in [0.15, 0.2) is 0 Å². The Morgan fingerprint density at radius 1 is 1.21 bits per heavy atom. The van der Waals surface area contributed by atoms with Crippen LogP contribution in [0.5, 0.6) is 0 Å². The van der Waals surface area contributed by atoms with Gasteiger partial charge in [-0.1, -0.05) is 0 Å². The van der Waals surface area contributed by atoms with Gasteiger partial charge in [-0.3, -0.25) is 0 Å². The molecule has 0 atom stereocenters. The predicted octanol–water partition coefficient (Wildman–Crippen LogP) is 0.637. The number of nitrogen functional groups attached to an aromatic ring is 1. The van der Waals surface area contributed by atoms with E-state index in [9.17, 15) is 8.42 Å². The van der Waals surface area contributed by atoms with Crippen LogP contribution >= 0.6 is 10.8 Å². The van der Waals surface area contributed by atoms with Crippen LogP contribution in [0, 0.1) is 0 Å². The van der Waals surface area contributed by atoms with Crippen molar-refractivity contribution in [3.63, 3.8) is 0 Å². The minimum Gasteiger partial charge on any atom is -0.368 e. The van der Waals surface area contributed by atoms with E-state index in [1.165, 1.54) is 6.42 Å². The van der Waals surface area contributed by atoms with Gasteiger partial charge in [0.25, 0.3) is 0 Å². The number of hydrogen-bond acceptors (Lipinski definition) is 8. The zero-order chi connectivity index (χ0) is 13.9. The van der Waals surface area contributed by atoms with Crippen molar-refractivity contribution in [1.82, 2.24) is 15.0 Å². The van der Waals surface area contributed by atoms with E-state index in [0.29, 0.717) is 11.8 Å². The fourth-order valence-electron chi connectivity index (χ4n) is 1.88. The van der Waals surface area contributed by atoms with Crippen molar-refractivity contribution in [2.24, 2.45) is 0 Å². The molecule has 0 spiro atoms. The van der Waals surface area contributed by atoms with Gasteiger partial charge in [-0.15, -0.1) is 0 Å². The van der Waals surface area contributed by atoms with Crippen molar-refractivity contribution in [3.05, 3.63) is 5.82 Å². The molecule has 0 aromatic carbocycles. The maximum Gasteiger partial charge on any atom is 0.230 e. The number of anilines is 2. The zero-order valence-corrected chi connectivity index (χ0v) is 12.4. The quantitative estimate of drug-likeness (QED) is 0.808. The molecule has 0 amide bonds. The minimum absolute atomic E-state index is 0.139. The molecular formula is C10H17N5O2S2. The second-order valence-corrected chi connectivity index (χ2v) is 8.88. The summed E-state index contributed by atoms with van der Waals surface area (Å²) in [7, 11) is -2.31. The zero-order valence-electron chi connectivity index (χ0n) is 10.7. The highest BCUT2D eigenvalue weighted by Gasteiger charge is 2.16. The van der Waals surface area contributed by atoms with E-state index in [1.54, 1.807) is 0 Å². The van der Waals surface area contributed by atoms with Crippen molar-refractivity contribution in [1.29, 1.82) is 0 Å². The van der Waals surface area contributed by atoms with Gasteiger partial charge in [0.05, 0.1) is 5.75 Å². The molecule has 1 aliphatic rings. The van der Waals surface area contributed by atoms with Crippen LogP contribution in [0.4, 0.5) is 11.9 Å². The molecule has 1 aromatic heterocycles. The van der Waals surface area contributed by atoms with Crippen LogP contribution in [-0.2, 0) is 14.6 Å². The van der Waals surface area contributed by atoms with E-state index in [1.807, 2.05) is 0 Å². The SMILES string of the molecule is CS(=O)(=O)SCc1nc(N)nc(N2CCCCC2)n1. The van der Waals surface area contributed by atoms with Gasteiger partial charge in [-0.2, -0.15) is 15.0 Å². The minimum atomic E-state index is -3.11. The number of hydrogen-bond donors (Lipinski definition) is 1. The molecule has 1 fully saturated rings. The number of nitrogens with two attached hydrogens (primary N) is 1. The molecule has 0 aliphatic carbocycles. The van der Waals surface area contributed by atoms with Crippen LogP contribution in [-0.4, -0.2) is 42.7 Å². The molecule has 0 saturated carbocycles. The molecule has 2 rings (SSSR count). The van der Waals surface area contributed by atoms with Crippen LogP contribution in [0.1, 0.15) is 25.1 Å². The summed E-state index contributed by atoms with van der Waals surface area (Å²) < 4.78 is 22.3. The average molecular weight is 303 g/mol. The molecule has 7 nitrogen and oxygen atoms in total. The van der Waals surface area contributed by atoms with E-state index in [-0.39, 0.29) is 11.7 Å². The summed E-state index contributed by atoms with van der Waals surface area (Å²) in [4.78, 5) is 14.5. The molecule has 2 N–H and O–H groups in total. The second-order valence-electron chi connectivity index (χ2n) is 4.42. The molecule has 19 heavy (non-hydrogen) atoms. The summed E-state index contributed by atoms with van der Waals surface area (Å²) in [5, 5.41) is 0. The van der Waals surface area contributed by atoms with Crippen molar-refractivity contribution in [3.8, 4) is 0 Å². The fourth-order valence-corrected chi connectivity index (χ4v) is 3.29. The van der Waals surface area contributed by atoms with Gasteiger partial charge >= 0.3 is 0 Å². The highest BCUT2D eigenvalue weighted by molar-refractivity contribution is 8.71. The summed E-state index contributed by atoms with van der Waals surface area (Å²) in [6, 6.07) is 0. The molecule has 9 heteroatoms. The summed E-state index contributed by atoms with van der Waals surface area (Å²) in [5.74, 6) is 1.28. The lowest BCUT2D eigenvalue weighted by Crippen LogP contribution is -2.31. The average Bonchev–Trinajstić information content (AvgIpc) is 2.36. The van der Waals surface area contributed by atoms with E-state index < -0.39 is 8.87 Å². The van der Waals surface area contributed by atoms with E-state index in [2.05, 4.69) is 19.9 Å². The van der Waals surface area contributed by atoms with Gasteiger partial charge in [0.2, 0.25) is 11.9 Å². The summed E-state index contributed by atoms with van der Waals surface area (Å²) in [6.07, 6.45) is 4.60. The predicted molar refractivity (Wildman–Crippen MR) is 76.4 cm³/mol. The topological polar surface area (TPSA) is 102 Å². The first-order chi connectivity index (χ1) is 8.94. The smallest absolute Gasteiger partial charge is 0.230 e.